The summed E-state index contributed by atoms with van der Waals surface area (Å²) in [6, 6.07) is 2.06. The summed E-state index contributed by atoms with van der Waals surface area (Å²) in [7, 11) is 0.658. The standard InChI is InChI=1S/C12H18BrN3O2S/c1-15(2)11-3-5-16(6-4-11)19(17,18)12-7-10(13)8-14-9-12/h7-9,11H,3-6H2,1-2H3. The largest absolute Gasteiger partial charge is 0.306 e. The van der Waals surface area contributed by atoms with Crippen LogP contribution in [0.25, 0.3) is 0 Å². The average Bonchev–Trinajstić information content (AvgIpc) is 2.39. The average molecular weight is 348 g/mol. The molecular formula is C12H18BrN3O2S. The number of hydrogen-bond acceptors (Lipinski definition) is 4. The molecule has 1 aliphatic rings. The van der Waals surface area contributed by atoms with E-state index >= 15 is 0 Å². The highest BCUT2D eigenvalue weighted by Gasteiger charge is 2.30. The molecule has 1 aromatic rings. The molecule has 0 atom stereocenters. The molecule has 2 heterocycles. The highest BCUT2D eigenvalue weighted by atomic mass is 79.9. The van der Waals surface area contributed by atoms with E-state index in [1.165, 1.54) is 6.20 Å². The Morgan fingerprint density at radius 3 is 2.47 bits per heavy atom. The number of piperidine rings is 1. The van der Waals surface area contributed by atoms with Crippen LogP contribution in [0.4, 0.5) is 0 Å². The van der Waals surface area contributed by atoms with Crippen LogP contribution in [0.15, 0.2) is 27.8 Å². The predicted molar refractivity (Wildman–Crippen MR) is 77.4 cm³/mol. The molecule has 0 N–H and O–H groups in total. The van der Waals surface area contributed by atoms with Crippen LogP contribution < -0.4 is 0 Å². The van der Waals surface area contributed by atoms with E-state index in [0.717, 1.165) is 12.8 Å². The maximum Gasteiger partial charge on any atom is 0.244 e. The fourth-order valence-electron chi connectivity index (χ4n) is 2.28. The summed E-state index contributed by atoms with van der Waals surface area (Å²) in [4.78, 5) is 6.34. The number of nitrogens with zero attached hydrogens (tertiary/aromatic N) is 3. The van der Waals surface area contributed by atoms with Crippen molar-refractivity contribution < 1.29 is 8.42 Å². The molecule has 1 aromatic heterocycles. The monoisotopic (exact) mass is 347 g/mol. The summed E-state index contributed by atoms with van der Waals surface area (Å²) in [5.74, 6) is 0. The molecule has 0 spiro atoms. The Labute approximate surface area is 122 Å². The first kappa shape index (κ1) is 14.9. The van der Waals surface area contributed by atoms with Crippen LogP contribution in [0.1, 0.15) is 12.8 Å². The molecule has 0 aliphatic carbocycles. The van der Waals surface area contributed by atoms with Gasteiger partial charge in [-0.3, -0.25) is 4.98 Å². The quantitative estimate of drug-likeness (QED) is 0.832. The maximum atomic E-state index is 12.5. The number of hydrogen-bond donors (Lipinski definition) is 0. The first-order valence-electron chi connectivity index (χ1n) is 6.18. The maximum absolute atomic E-state index is 12.5. The van der Waals surface area contributed by atoms with Crippen LogP contribution in [-0.2, 0) is 10.0 Å². The Balaban J connectivity index is 2.14. The Bertz CT molecular complexity index is 540. The van der Waals surface area contributed by atoms with Gasteiger partial charge in [-0.1, -0.05) is 0 Å². The Morgan fingerprint density at radius 1 is 1.32 bits per heavy atom. The van der Waals surface area contributed by atoms with E-state index in [1.807, 2.05) is 14.1 Å². The fraction of sp³-hybridized carbons (Fsp3) is 0.583. The van der Waals surface area contributed by atoms with Gasteiger partial charge in [0.2, 0.25) is 10.0 Å². The minimum atomic E-state index is -3.41. The predicted octanol–water partition coefficient (Wildman–Crippen LogP) is 1.56. The Hall–Kier alpha value is -0.500. The van der Waals surface area contributed by atoms with Crippen molar-refractivity contribution in [3.05, 3.63) is 22.9 Å². The van der Waals surface area contributed by atoms with Gasteiger partial charge in [-0.25, -0.2) is 8.42 Å². The molecule has 0 radical (unpaired) electrons. The van der Waals surface area contributed by atoms with Crippen LogP contribution in [0, 0.1) is 0 Å². The van der Waals surface area contributed by atoms with Crippen molar-refractivity contribution in [1.29, 1.82) is 0 Å². The van der Waals surface area contributed by atoms with Crippen molar-refractivity contribution in [2.45, 2.75) is 23.8 Å². The molecule has 7 heteroatoms. The topological polar surface area (TPSA) is 53.5 Å². The van der Waals surface area contributed by atoms with E-state index in [2.05, 4.69) is 25.8 Å². The van der Waals surface area contributed by atoms with Gasteiger partial charge in [0.25, 0.3) is 0 Å². The summed E-state index contributed by atoms with van der Waals surface area (Å²) < 4.78 is 27.2. The molecule has 0 amide bonds. The van der Waals surface area contributed by atoms with E-state index in [9.17, 15) is 8.42 Å². The van der Waals surface area contributed by atoms with Crippen molar-refractivity contribution in [3.8, 4) is 0 Å². The van der Waals surface area contributed by atoms with Crippen molar-refractivity contribution in [2.75, 3.05) is 27.2 Å². The molecule has 2 rings (SSSR count). The number of halogens is 1. The van der Waals surface area contributed by atoms with Gasteiger partial charge in [-0.05, 0) is 48.9 Å². The van der Waals surface area contributed by atoms with E-state index in [4.69, 9.17) is 0 Å². The van der Waals surface area contributed by atoms with Crippen molar-refractivity contribution in [2.24, 2.45) is 0 Å². The van der Waals surface area contributed by atoms with E-state index in [-0.39, 0.29) is 4.90 Å². The van der Waals surface area contributed by atoms with Crippen molar-refractivity contribution >= 4 is 26.0 Å². The fourth-order valence-corrected chi connectivity index (χ4v) is 4.26. The molecule has 106 valence electrons. The Kier molecular flexibility index (Phi) is 4.60. The minimum Gasteiger partial charge on any atom is -0.306 e. The summed E-state index contributed by atoms with van der Waals surface area (Å²) in [5.41, 5.74) is 0. The lowest BCUT2D eigenvalue weighted by Crippen LogP contribution is -2.44. The summed E-state index contributed by atoms with van der Waals surface area (Å²) >= 11 is 3.26. The second-order valence-corrected chi connectivity index (χ2v) is 7.79. The first-order chi connectivity index (χ1) is 8.91. The molecule has 0 aromatic carbocycles. The zero-order valence-electron chi connectivity index (χ0n) is 11.1. The van der Waals surface area contributed by atoms with E-state index < -0.39 is 10.0 Å². The molecular weight excluding hydrogens is 330 g/mol. The van der Waals surface area contributed by atoms with Gasteiger partial charge in [0.15, 0.2) is 0 Å². The number of sulfonamides is 1. The second-order valence-electron chi connectivity index (χ2n) is 4.94. The smallest absolute Gasteiger partial charge is 0.244 e. The van der Waals surface area contributed by atoms with Crippen LogP contribution in [0.3, 0.4) is 0 Å². The highest BCUT2D eigenvalue weighted by Crippen LogP contribution is 2.23. The van der Waals surface area contributed by atoms with Gasteiger partial charge in [0.1, 0.15) is 4.90 Å². The van der Waals surface area contributed by atoms with Crippen LogP contribution in [-0.4, -0.2) is 55.8 Å². The zero-order valence-corrected chi connectivity index (χ0v) is 13.5. The van der Waals surface area contributed by atoms with Gasteiger partial charge < -0.3 is 4.90 Å². The molecule has 1 saturated heterocycles. The normalized spacial score (nSPS) is 18.9. The van der Waals surface area contributed by atoms with Gasteiger partial charge >= 0.3 is 0 Å². The van der Waals surface area contributed by atoms with Gasteiger partial charge in [0, 0.05) is 36.0 Å². The van der Waals surface area contributed by atoms with Gasteiger partial charge in [0.05, 0.1) is 0 Å². The molecule has 5 nitrogen and oxygen atoms in total. The first-order valence-corrected chi connectivity index (χ1v) is 8.41. The lowest BCUT2D eigenvalue weighted by atomic mass is 10.1. The number of aromatic nitrogens is 1. The van der Waals surface area contributed by atoms with Gasteiger partial charge in [-0.2, -0.15) is 4.31 Å². The van der Waals surface area contributed by atoms with Gasteiger partial charge in [-0.15, -0.1) is 0 Å². The molecule has 0 saturated carbocycles. The number of rotatable bonds is 3. The minimum absolute atomic E-state index is 0.255. The summed E-state index contributed by atoms with van der Waals surface area (Å²) in [6.07, 6.45) is 4.72. The number of pyridine rings is 1. The lowest BCUT2D eigenvalue weighted by Gasteiger charge is -2.34. The van der Waals surface area contributed by atoms with Crippen LogP contribution in [0.5, 0.6) is 0 Å². The summed E-state index contributed by atoms with van der Waals surface area (Å²) in [5, 5.41) is 0. The summed E-state index contributed by atoms with van der Waals surface area (Å²) in [6.45, 7) is 1.13. The molecule has 0 bridgehead atoms. The molecule has 1 aliphatic heterocycles. The molecule has 19 heavy (non-hydrogen) atoms. The third-order valence-corrected chi connectivity index (χ3v) is 5.77. The van der Waals surface area contributed by atoms with E-state index in [1.54, 1.807) is 16.6 Å². The van der Waals surface area contributed by atoms with Crippen molar-refractivity contribution in [1.82, 2.24) is 14.2 Å². The van der Waals surface area contributed by atoms with Crippen LogP contribution in [0.2, 0.25) is 0 Å². The highest BCUT2D eigenvalue weighted by molar-refractivity contribution is 9.10. The second kappa shape index (κ2) is 5.87. The SMILES string of the molecule is CN(C)C1CCN(S(=O)(=O)c2cncc(Br)c2)CC1. The molecule has 0 unspecified atom stereocenters. The lowest BCUT2D eigenvalue weighted by molar-refractivity contribution is 0.196. The third kappa shape index (κ3) is 3.34. The van der Waals surface area contributed by atoms with Crippen LogP contribution >= 0.6 is 15.9 Å². The Morgan fingerprint density at radius 2 is 1.95 bits per heavy atom. The third-order valence-electron chi connectivity index (χ3n) is 3.47. The van der Waals surface area contributed by atoms with E-state index in [0.29, 0.717) is 23.6 Å². The zero-order chi connectivity index (χ0) is 14.0. The van der Waals surface area contributed by atoms with Crippen molar-refractivity contribution in [3.63, 3.8) is 0 Å². The molecule has 1 fully saturated rings.